The smallest absolute Gasteiger partial charge is 0.274 e. The Morgan fingerprint density at radius 2 is 1.77 bits per heavy atom. The number of benzene rings is 2. The Bertz CT molecular complexity index is 957. The number of anilines is 3. The highest BCUT2D eigenvalue weighted by molar-refractivity contribution is 6.03. The molecule has 0 aliphatic carbocycles. The largest absolute Gasteiger partial charge is 0.454 e. The SMILES string of the molecule is Cc1ccc(Nc2nccc(C(=O)Nc3ccc4c(c3)OCO4)n2)cc1. The Morgan fingerprint density at radius 1 is 1.00 bits per heavy atom. The predicted molar refractivity (Wildman–Crippen MR) is 97.0 cm³/mol. The third-order valence-corrected chi connectivity index (χ3v) is 3.83. The highest BCUT2D eigenvalue weighted by Gasteiger charge is 2.15. The average Bonchev–Trinajstić information content (AvgIpc) is 3.12. The van der Waals surface area contributed by atoms with E-state index in [1.54, 1.807) is 24.3 Å². The summed E-state index contributed by atoms with van der Waals surface area (Å²) in [5.41, 5.74) is 2.87. The summed E-state index contributed by atoms with van der Waals surface area (Å²) in [4.78, 5) is 20.9. The molecule has 7 heteroatoms. The minimum atomic E-state index is -0.335. The molecular formula is C19H16N4O3. The summed E-state index contributed by atoms with van der Waals surface area (Å²) < 4.78 is 10.6. The van der Waals surface area contributed by atoms with Gasteiger partial charge in [0.25, 0.3) is 5.91 Å². The first kappa shape index (κ1) is 15.9. The van der Waals surface area contributed by atoms with Crippen LogP contribution in [-0.4, -0.2) is 22.7 Å². The van der Waals surface area contributed by atoms with Gasteiger partial charge in [-0.3, -0.25) is 4.79 Å². The van der Waals surface area contributed by atoms with Crippen LogP contribution in [0.2, 0.25) is 0 Å². The molecule has 1 aliphatic rings. The molecule has 130 valence electrons. The van der Waals surface area contributed by atoms with Crippen molar-refractivity contribution in [3.8, 4) is 11.5 Å². The Balaban J connectivity index is 1.48. The molecule has 0 fully saturated rings. The van der Waals surface area contributed by atoms with Gasteiger partial charge in [0.1, 0.15) is 5.69 Å². The molecule has 2 aromatic carbocycles. The number of hydrogen-bond acceptors (Lipinski definition) is 6. The summed E-state index contributed by atoms with van der Waals surface area (Å²) in [7, 11) is 0. The fraction of sp³-hybridized carbons (Fsp3) is 0.105. The third-order valence-electron chi connectivity index (χ3n) is 3.83. The number of ether oxygens (including phenoxy) is 2. The first-order valence-electron chi connectivity index (χ1n) is 8.05. The van der Waals surface area contributed by atoms with E-state index in [0.717, 1.165) is 11.3 Å². The minimum Gasteiger partial charge on any atom is -0.454 e. The monoisotopic (exact) mass is 348 g/mol. The maximum Gasteiger partial charge on any atom is 0.274 e. The van der Waals surface area contributed by atoms with Gasteiger partial charge in [0.2, 0.25) is 12.7 Å². The van der Waals surface area contributed by atoms with E-state index in [9.17, 15) is 4.79 Å². The van der Waals surface area contributed by atoms with Crippen LogP contribution in [0.1, 0.15) is 16.1 Å². The van der Waals surface area contributed by atoms with Crippen LogP contribution >= 0.6 is 0 Å². The molecular weight excluding hydrogens is 332 g/mol. The fourth-order valence-corrected chi connectivity index (χ4v) is 2.48. The van der Waals surface area contributed by atoms with E-state index in [1.807, 2.05) is 31.2 Å². The molecule has 2 heterocycles. The van der Waals surface area contributed by atoms with E-state index in [0.29, 0.717) is 23.1 Å². The zero-order valence-corrected chi connectivity index (χ0v) is 14.0. The molecule has 1 aliphatic heterocycles. The molecule has 0 saturated heterocycles. The molecule has 0 saturated carbocycles. The van der Waals surface area contributed by atoms with E-state index in [1.165, 1.54) is 6.20 Å². The second kappa shape index (κ2) is 6.72. The lowest BCUT2D eigenvalue weighted by atomic mass is 10.2. The van der Waals surface area contributed by atoms with Crippen LogP contribution in [-0.2, 0) is 0 Å². The lowest BCUT2D eigenvalue weighted by molar-refractivity contribution is 0.102. The Hall–Kier alpha value is -3.61. The van der Waals surface area contributed by atoms with Gasteiger partial charge in [-0.1, -0.05) is 17.7 Å². The van der Waals surface area contributed by atoms with Crippen molar-refractivity contribution in [3.05, 3.63) is 66.0 Å². The molecule has 4 rings (SSSR count). The van der Waals surface area contributed by atoms with Crippen LogP contribution in [0.5, 0.6) is 11.5 Å². The molecule has 0 unspecified atom stereocenters. The number of carbonyl (C=O) groups is 1. The number of amides is 1. The quantitative estimate of drug-likeness (QED) is 0.750. The van der Waals surface area contributed by atoms with Gasteiger partial charge in [0.15, 0.2) is 11.5 Å². The maximum absolute atomic E-state index is 12.5. The molecule has 1 aromatic heterocycles. The average molecular weight is 348 g/mol. The number of fused-ring (bicyclic) bond motifs is 1. The molecule has 7 nitrogen and oxygen atoms in total. The highest BCUT2D eigenvalue weighted by Crippen LogP contribution is 2.34. The molecule has 1 amide bonds. The van der Waals surface area contributed by atoms with Crippen molar-refractivity contribution in [1.82, 2.24) is 9.97 Å². The van der Waals surface area contributed by atoms with Crippen LogP contribution in [0.3, 0.4) is 0 Å². The summed E-state index contributed by atoms with van der Waals surface area (Å²) in [6, 6.07) is 14.6. The Labute approximate surface area is 150 Å². The summed E-state index contributed by atoms with van der Waals surface area (Å²) in [6.45, 7) is 2.20. The van der Waals surface area contributed by atoms with Crippen molar-refractivity contribution < 1.29 is 14.3 Å². The van der Waals surface area contributed by atoms with Crippen molar-refractivity contribution >= 4 is 23.2 Å². The van der Waals surface area contributed by atoms with Gasteiger partial charge in [-0.15, -0.1) is 0 Å². The summed E-state index contributed by atoms with van der Waals surface area (Å²) >= 11 is 0. The molecule has 0 atom stereocenters. The van der Waals surface area contributed by atoms with Crippen LogP contribution in [0.15, 0.2) is 54.7 Å². The maximum atomic E-state index is 12.5. The first-order valence-corrected chi connectivity index (χ1v) is 8.05. The highest BCUT2D eigenvalue weighted by atomic mass is 16.7. The number of carbonyl (C=O) groups excluding carboxylic acids is 1. The molecule has 26 heavy (non-hydrogen) atoms. The summed E-state index contributed by atoms with van der Waals surface area (Å²) in [5, 5.41) is 5.88. The second-order valence-electron chi connectivity index (χ2n) is 5.78. The summed E-state index contributed by atoms with van der Waals surface area (Å²) in [6.07, 6.45) is 1.54. The number of aromatic nitrogens is 2. The van der Waals surface area contributed by atoms with Gasteiger partial charge in [-0.2, -0.15) is 0 Å². The molecule has 0 bridgehead atoms. The number of aryl methyl sites for hydroxylation is 1. The zero-order chi connectivity index (χ0) is 17.9. The Kier molecular flexibility index (Phi) is 4.10. The van der Waals surface area contributed by atoms with Crippen LogP contribution in [0.4, 0.5) is 17.3 Å². The van der Waals surface area contributed by atoms with Gasteiger partial charge in [-0.05, 0) is 37.3 Å². The number of nitrogens with zero attached hydrogens (tertiary/aromatic N) is 2. The number of nitrogens with one attached hydrogen (secondary N) is 2. The molecule has 0 radical (unpaired) electrons. The fourth-order valence-electron chi connectivity index (χ4n) is 2.48. The number of rotatable bonds is 4. The molecule has 3 aromatic rings. The van der Waals surface area contributed by atoms with Crippen molar-refractivity contribution in [3.63, 3.8) is 0 Å². The van der Waals surface area contributed by atoms with Gasteiger partial charge >= 0.3 is 0 Å². The van der Waals surface area contributed by atoms with Crippen LogP contribution in [0, 0.1) is 6.92 Å². The lowest BCUT2D eigenvalue weighted by Crippen LogP contribution is -2.14. The molecule has 2 N–H and O–H groups in total. The van der Waals surface area contributed by atoms with Crippen LogP contribution in [0.25, 0.3) is 0 Å². The Morgan fingerprint density at radius 3 is 2.62 bits per heavy atom. The first-order chi connectivity index (χ1) is 12.7. The van der Waals surface area contributed by atoms with E-state index < -0.39 is 0 Å². The standard InChI is InChI=1S/C19H16N4O3/c1-12-2-4-13(5-3-12)22-19-20-9-8-15(23-19)18(24)21-14-6-7-16-17(10-14)26-11-25-16/h2-10H,11H2,1H3,(H,21,24)(H,20,22,23). The van der Waals surface area contributed by atoms with Gasteiger partial charge in [0.05, 0.1) is 0 Å². The van der Waals surface area contributed by atoms with Crippen molar-refractivity contribution in [2.45, 2.75) is 6.92 Å². The van der Waals surface area contributed by atoms with Crippen LogP contribution < -0.4 is 20.1 Å². The van der Waals surface area contributed by atoms with Gasteiger partial charge in [-0.25, -0.2) is 9.97 Å². The summed E-state index contributed by atoms with van der Waals surface area (Å²) in [5.74, 6) is 1.28. The predicted octanol–water partition coefficient (Wildman–Crippen LogP) is 3.51. The topological polar surface area (TPSA) is 85.4 Å². The van der Waals surface area contributed by atoms with Crippen molar-refractivity contribution in [2.75, 3.05) is 17.4 Å². The minimum absolute atomic E-state index is 0.187. The van der Waals surface area contributed by atoms with E-state index in [-0.39, 0.29) is 18.4 Å². The van der Waals surface area contributed by atoms with Gasteiger partial charge in [0, 0.05) is 23.6 Å². The number of hydrogen-bond donors (Lipinski definition) is 2. The van der Waals surface area contributed by atoms with Crippen molar-refractivity contribution in [1.29, 1.82) is 0 Å². The zero-order valence-electron chi connectivity index (χ0n) is 14.0. The van der Waals surface area contributed by atoms with E-state index in [4.69, 9.17) is 9.47 Å². The lowest BCUT2D eigenvalue weighted by Gasteiger charge is -2.08. The van der Waals surface area contributed by atoms with Gasteiger partial charge < -0.3 is 20.1 Å². The normalized spacial score (nSPS) is 11.9. The van der Waals surface area contributed by atoms with Crippen molar-refractivity contribution in [2.24, 2.45) is 0 Å². The molecule has 0 spiro atoms. The van der Waals surface area contributed by atoms with E-state index >= 15 is 0 Å². The second-order valence-corrected chi connectivity index (χ2v) is 5.78. The third kappa shape index (κ3) is 3.41. The van der Waals surface area contributed by atoms with E-state index in [2.05, 4.69) is 20.6 Å².